The number of aromatic carboxylic acids is 1. The largest absolute Gasteiger partial charge is 0.476 e. The molecule has 0 bridgehead atoms. The minimum absolute atomic E-state index is 0.113. The van der Waals surface area contributed by atoms with Crippen LogP contribution in [0.4, 0.5) is 13.2 Å². The first-order chi connectivity index (χ1) is 8.80. The van der Waals surface area contributed by atoms with Crippen molar-refractivity contribution in [3.63, 3.8) is 0 Å². The van der Waals surface area contributed by atoms with E-state index in [-0.39, 0.29) is 5.69 Å². The van der Waals surface area contributed by atoms with Gasteiger partial charge >= 0.3 is 12.1 Å². The maximum absolute atomic E-state index is 12.9. The molecule has 1 N–H and O–H groups in total. The van der Waals surface area contributed by atoms with Crippen LogP contribution in [0.5, 0.6) is 0 Å². The van der Waals surface area contributed by atoms with Gasteiger partial charge in [-0.15, -0.1) is 0 Å². The van der Waals surface area contributed by atoms with Gasteiger partial charge in [-0.3, -0.25) is 0 Å². The molecule has 0 saturated carbocycles. The molecule has 0 radical (unpaired) electrons. The molecule has 1 aromatic heterocycles. The lowest BCUT2D eigenvalue weighted by Crippen LogP contribution is -2.13. The number of carboxylic acid groups (broad SMARTS) is 1. The maximum atomic E-state index is 12.9. The van der Waals surface area contributed by atoms with Gasteiger partial charge in [0, 0.05) is 10.5 Å². The van der Waals surface area contributed by atoms with Gasteiger partial charge in [0.15, 0.2) is 5.69 Å². The third-order valence-electron chi connectivity index (χ3n) is 2.30. The van der Waals surface area contributed by atoms with E-state index in [1.807, 2.05) is 0 Å². The van der Waals surface area contributed by atoms with E-state index in [0.29, 0.717) is 15.2 Å². The Bertz CT molecular complexity index is 637. The molecule has 8 heteroatoms. The molecule has 4 nitrogen and oxygen atoms in total. The number of alkyl halides is 3. The third kappa shape index (κ3) is 2.62. The summed E-state index contributed by atoms with van der Waals surface area (Å²) in [6.07, 6.45) is -4.70. The number of rotatable bonds is 2. The van der Waals surface area contributed by atoms with Gasteiger partial charge in [0.2, 0.25) is 0 Å². The van der Waals surface area contributed by atoms with Crippen molar-refractivity contribution in [3.8, 4) is 5.69 Å². The Kier molecular flexibility index (Phi) is 3.36. The minimum Gasteiger partial charge on any atom is -0.476 e. The Morgan fingerprint density at radius 3 is 2.47 bits per heavy atom. The topological polar surface area (TPSA) is 55.1 Å². The standard InChI is InChI=1S/C11H6BrF3N2O2/c12-6-3-1-2-4-8(6)17-9(11(13,14)15)5-7(16-17)10(18)19/h1-5H,(H,18,19). The first-order valence-corrected chi connectivity index (χ1v) is 5.75. The summed E-state index contributed by atoms with van der Waals surface area (Å²) >= 11 is 3.10. The van der Waals surface area contributed by atoms with Crippen molar-refractivity contribution in [2.24, 2.45) is 0 Å². The van der Waals surface area contributed by atoms with Crippen LogP contribution < -0.4 is 0 Å². The van der Waals surface area contributed by atoms with E-state index in [0.717, 1.165) is 0 Å². The lowest BCUT2D eigenvalue weighted by atomic mass is 10.3. The van der Waals surface area contributed by atoms with Crippen LogP contribution in [0, 0.1) is 0 Å². The predicted molar refractivity (Wildman–Crippen MR) is 63.2 cm³/mol. The van der Waals surface area contributed by atoms with Crippen LogP contribution in [-0.4, -0.2) is 20.9 Å². The number of benzene rings is 1. The molecule has 0 spiro atoms. The van der Waals surface area contributed by atoms with Crippen molar-refractivity contribution in [2.45, 2.75) is 6.18 Å². The zero-order valence-corrected chi connectivity index (χ0v) is 10.7. The number of nitrogens with zero attached hydrogens (tertiary/aromatic N) is 2. The van der Waals surface area contributed by atoms with Gasteiger partial charge in [0.05, 0.1) is 5.69 Å². The fourth-order valence-electron chi connectivity index (χ4n) is 1.49. The highest BCUT2D eigenvalue weighted by molar-refractivity contribution is 9.10. The van der Waals surface area contributed by atoms with E-state index in [2.05, 4.69) is 21.0 Å². The van der Waals surface area contributed by atoms with Crippen LogP contribution in [0.25, 0.3) is 5.69 Å². The van der Waals surface area contributed by atoms with Crippen LogP contribution in [0.1, 0.15) is 16.2 Å². The molecule has 1 heterocycles. The zero-order valence-electron chi connectivity index (χ0n) is 9.15. The van der Waals surface area contributed by atoms with Gasteiger partial charge in [-0.1, -0.05) is 12.1 Å². The monoisotopic (exact) mass is 334 g/mol. The van der Waals surface area contributed by atoms with Gasteiger partial charge in [-0.2, -0.15) is 18.3 Å². The van der Waals surface area contributed by atoms with Crippen LogP contribution in [-0.2, 0) is 6.18 Å². The van der Waals surface area contributed by atoms with Gasteiger partial charge in [-0.05, 0) is 28.1 Å². The smallest absolute Gasteiger partial charge is 0.433 e. The number of para-hydroxylation sites is 1. The molecule has 2 rings (SSSR count). The van der Waals surface area contributed by atoms with E-state index in [1.165, 1.54) is 18.2 Å². The number of hydrogen-bond donors (Lipinski definition) is 1. The Balaban J connectivity index is 2.69. The van der Waals surface area contributed by atoms with Crippen molar-refractivity contribution in [2.75, 3.05) is 0 Å². The van der Waals surface area contributed by atoms with Crippen molar-refractivity contribution in [1.29, 1.82) is 0 Å². The van der Waals surface area contributed by atoms with Crippen molar-refractivity contribution in [3.05, 3.63) is 46.2 Å². The molecule has 0 saturated heterocycles. The lowest BCUT2D eigenvalue weighted by Gasteiger charge is -2.11. The van der Waals surface area contributed by atoms with Crippen LogP contribution in [0.15, 0.2) is 34.8 Å². The van der Waals surface area contributed by atoms with Crippen molar-refractivity contribution in [1.82, 2.24) is 9.78 Å². The molecule has 0 unspecified atom stereocenters. The predicted octanol–water partition coefficient (Wildman–Crippen LogP) is 3.35. The van der Waals surface area contributed by atoms with E-state index >= 15 is 0 Å². The van der Waals surface area contributed by atoms with E-state index < -0.39 is 23.5 Å². The summed E-state index contributed by atoms with van der Waals surface area (Å²) in [6, 6.07) is 6.60. The van der Waals surface area contributed by atoms with Gasteiger partial charge in [0.25, 0.3) is 0 Å². The number of halogens is 4. The molecule has 0 atom stereocenters. The summed E-state index contributed by atoms with van der Waals surface area (Å²) in [4.78, 5) is 10.8. The molecular weight excluding hydrogens is 329 g/mol. The van der Waals surface area contributed by atoms with Crippen molar-refractivity contribution < 1.29 is 23.1 Å². The fraction of sp³-hybridized carbons (Fsp3) is 0.0909. The molecule has 100 valence electrons. The molecule has 19 heavy (non-hydrogen) atoms. The SMILES string of the molecule is O=C(O)c1cc(C(F)(F)F)n(-c2ccccc2Br)n1. The second-order valence-corrected chi connectivity index (χ2v) is 4.44. The molecule has 0 aliphatic heterocycles. The molecule has 2 aromatic rings. The summed E-state index contributed by atoms with van der Waals surface area (Å²) in [5, 5.41) is 12.2. The van der Waals surface area contributed by atoms with E-state index in [1.54, 1.807) is 6.07 Å². The van der Waals surface area contributed by atoms with Crippen molar-refractivity contribution >= 4 is 21.9 Å². The average molecular weight is 335 g/mol. The van der Waals surface area contributed by atoms with Crippen LogP contribution in [0.2, 0.25) is 0 Å². The lowest BCUT2D eigenvalue weighted by molar-refractivity contribution is -0.142. The maximum Gasteiger partial charge on any atom is 0.433 e. The Morgan fingerprint density at radius 1 is 1.32 bits per heavy atom. The molecule has 0 fully saturated rings. The average Bonchev–Trinajstić information content (AvgIpc) is 2.74. The van der Waals surface area contributed by atoms with E-state index in [9.17, 15) is 18.0 Å². The highest BCUT2D eigenvalue weighted by Crippen LogP contribution is 2.33. The van der Waals surface area contributed by atoms with E-state index in [4.69, 9.17) is 5.11 Å². The fourth-order valence-corrected chi connectivity index (χ4v) is 1.95. The number of carboxylic acids is 1. The van der Waals surface area contributed by atoms with Crippen LogP contribution in [0.3, 0.4) is 0 Å². The molecule has 1 aromatic carbocycles. The summed E-state index contributed by atoms with van der Waals surface area (Å²) in [5.74, 6) is -1.52. The highest BCUT2D eigenvalue weighted by atomic mass is 79.9. The van der Waals surface area contributed by atoms with Gasteiger partial charge in [0.1, 0.15) is 5.69 Å². The molecular formula is C11H6BrF3N2O2. The first kappa shape index (κ1) is 13.6. The zero-order chi connectivity index (χ0) is 14.2. The van der Waals surface area contributed by atoms with Crippen LogP contribution >= 0.6 is 15.9 Å². The summed E-state index contributed by atoms with van der Waals surface area (Å²) < 4.78 is 39.6. The minimum atomic E-state index is -4.70. The molecule has 0 amide bonds. The quantitative estimate of drug-likeness (QED) is 0.916. The number of hydrogen-bond acceptors (Lipinski definition) is 2. The first-order valence-electron chi connectivity index (χ1n) is 4.96. The normalized spacial score (nSPS) is 11.6. The Hall–Kier alpha value is -1.83. The van der Waals surface area contributed by atoms with Gasteiger partial charge < -0.3 is 5.11 Å². The number of aromatic nitrogens is 2. The summed E-state index contributed by atoms with van der Waals surface area (Å²) in [5.41, 5.74) is -1.69. The second kappa shape index (κ2) is 4.69. The van der Waals surface area contributed by atoms with Gasteiger partial charge in [-0.25, -0.2) is 9.48 Å². The molecule has 0 aliphatic rings. The highest BCUT2D eigenvalue weighted by Gasteiger charge is 2.37. The number of carbonyl (C=O) groups is 1. The third-order valence-corrected chi connectivity index (χ3v) is 2.97. The summed E-state index contributed by atoms with van der Waals surface area (Å²) in [7, 11) is 0. The molecule has 0 aliphatic carbocycles. The second-order valence-electron chi connectivity index (χ2n) is 3.58. The Morgan fingerprint density at radius 2 is 1.95 bits per heavy atom. The Labute approximate surface area is 113 Å². The summed E-state index contributed by atoms with van der Waals surface area (Å²) in [6.45, 7) is 0.